The highest BCUT2D eigenvalue weighted by Crippen LogP contribution is 2.25. The summed E-state index contributed by atoms with van der Waals surface area (Å²) in [5.41, 5.74) is 3.03. The number of rotatable bonds is 2. The zero-order chi connectivity index (χ0) is 11.6. The van der Waals surface area contributed by atoms with Crippen LogP contribution in [0.15, 0.2) is 24.3 Å². The van der Waals surface area contributed by atoms with Gasteiger partial charge in [-0.1, -0.05) is 45.0 Å². The highest BCUT2D eigenvalue weighted by molar-refractivity contribution is 5.31. The Morgan fingerprint density at radius 2 is 2.06 bits per heavy atom. The van der Waals surface area contributed by atoms with Gasteiger partial charge in [-0.3, -0.25) is 0 Å². The Hall–Kier alpha value is -0.860. The summed E-state index contributed by atoms with van der Waals surface area (Å²) in [5, 5.41) is 3.59. The van der Waals surface area contributed by atoms with E-state index in [1.807, 2.05) is 0 Å². The molecular weight excluding hydrogens is 198 g/mol. The van der Waals surface area contributed by atoms with Gasteiger partial charge in [-0.15, -0.1) is 0 Å². The molecule has 1 aromatic carbocycles. The minimum atomic E-state index is 0.312. The van der Waals surface area contributed by atoms with Gasteiger partial charge in [0.25, 0.3) is 0 Å². The van der Waals surface area contributed by atoms with Crippen LogP contribution in [0.2, 0.25) is 0 Å². The molecule has 1 aliphatic heterocycles. The first kappa shape index (κ1) is 11.6. The summed E-state index contributed by atoms with van der Waals surface area (Å²) < 4.78 is 5.61. The molecule has 0 fully saturated rings. The molecule has 0 bridgehead atoms. The van der Waals surface area contributed by atoms with Crippen LogP contribution in [0.3, 0.4) is 0 Å². The number of fused-ring (bicyclic) bond motifs is 1. The zero-order valence-corrected chi connectivity index (χ0v) is 10.4. The molecule has 1 unspecified atom stereocenters. The average molecular weight is 219 g/mol. The Bertz CT molecular complexity index is 354. The summed E-state index contributed by atoms with van der Waals surface area (Å²) >= 11 is 0. The van der Waals surface area contributed by atoms with Crippen molar-refractivity contribution in [1.82, 2.24) is 5.32 Å². The minimum absolute atomic E-state index is 0.312. The molecule has 1 heterocycles. The lowest BCUT2D eigenvalue weighted by atomic mass is 9.94. The molecule has 0 aromatic heterocycles. The van der Waals surface area contributed by atoms with Crippen LogP contribution < -0.4 is 5.32 Å². The fraction of sp³-hybridized carbons (Fsp3) is 0.571. The molecule has 2 heteroatoms. The van der Waals surface area contributed by atoms with E-state index in [0.717, 1.165) is 19.8 Å². The monoisotopic (exact) mass is 219 g/mol. The van der Waals surface area contributed by atoms with Gasteiger partial charge in [0.1, 0.15) is 0 Å². The molecule has 2 rings (SSSR count). The van der Waals surface area contributed by atoms with Crippen LogP contribution in [0.4, 0.5) is 0 Å². The fourth-order valence-corrected chi connectivity index (χ4v) is 1.98. The fourth-order valence-electron chi connectivity index (χ4n) is 1.98. The quantitative estimate of drug-likeness (QED) is 0.825. The Kier molecular flexibility index (Phi) is 3.31. The van der Waals surface area contributed by atoms with Crippen LogP contribution in [-0.2, 0) is 11.3 Å². The van der Waals surface area contributed by atoms with Gasteiger partial charge in [-0.05, 0) is 16.5 Å². The van der Waals surface area contributed by atoms with Gasteiger partial charge in [0.05, 0.1) is 19.3 Å². The Labute approximate surface area is 98.0 Å². The van der Waals surface area contributed by atoms with Crippen molar-refractivity contribution in [2.24, 2.45) is 5.41 Å². The highest BCUT2D eigenvalue weighted by Gasteiger charge is 2.21. The van der Waals surface area contributed by atoms with Crippen LogP contribution in [0.25, 0.3) is 0 Å². The predicted molar refractivity (Wildman–Crippen MR) is 66.3 cm³/mol. The van der Waals surface area contributed by atoms with Gasteiger partial charge in [-0.2, -0.15) is 0 Å². The normalized spacial score (nSPS) is 20.6. The third-order valence-corrected chi connectivity index (χ3v) is 2.85. The Morgan fingerprint density at radius 3 is 2.81 bits per heavy atom. The summed E-state index contributed by atoms with van der Waals surface area (Å²) in [6.45, 7) is 9.28. The van der Waals surface area contributed by atoms with E-state index >= 15 is 0 Å². The maximum absolute atomic E-state index is 5.61. The van der Waals surface area contributed by atoms with Crippen LogP contribution in [0.5, 0.6) is 0 Å². The van der Waals surface area contributed by atoms with Gasteiger partial charge in [0.2, 0.25) is 0 Å². The standard InChI is InChI=1S/C14H21NO/c1-14(2,3)10-15-13-9-16-8-11-6-4-5-7-12(11)13/h4-7,13,15H,8-10H2,1-3H3. The summed E-state index contributed by atoms with van der Waals surface area (Å²) in [5.74, 6) is 0. The number of benzene rings is 1. The number of hydrogen-bond donors (Lipinski definition) is 1. The third kappa shape index (κ3) is 2.83. The second-order valence-corrected chi connectivity index (χ2v) is 5.71. The first-order valence-corrected chi connectivity index (χ1v) is 5.95. The lowest BCUT2D eigenvalue weighted by Crippen LogP contribution is -2.35. The second kappa shape index (κ2) is 4.56. The maximum atomic E-state index is 5.61. The predicted octanol–water partition coefficient (Wildman–Crippen LogP) is 2.89. The highest BCUT2D eigenvalue weighted by atomic mass is 16.5. The largest absolute Gasteiger partial charge is 0.375 e. The molecule has 16 heavy (non-hydrogen) atoms. The van der Waals surface area contributed by atoms with E-state index in [9.17, 15) is 0 Å². The van der Waals surface area contributed by atoms with Crippen molar-refractivity contribution >= 4 is 0 Å². The third-order valence-electron chi connectivity index (χ3n) is 2.85. The summed E-state index contributed by atoms with van der Waals surface area (Å²) in [4.78, 5) is 0. The molecule has 0 aliphatic carbocycles. The molecule has 0 saturated carbocycles. The summed E-state index contributed by atoms with van der Waals surface area (Å²) in [6, 6.07) is 8.90. The minimum Gasteiger partial charge on any atom is -0.375 e. The summed E-state index contributed by atoms with van der Waals surface area (Å²) in [6.07, 6.45) is 0. The van der Waals surface area contributed by atoms with Crippen molar-refractivity contribution in [3.63, 3.8) is 0 Å². The van der Waals surface area contributed by atoms with E-state index in [1.165, 1.54) is 11.1 Å². The molecule has 0 saturated heterocycles. The molecule has 88 valence electrons. The van der Waals surface area contributed by atoms with E-state index in [0.29, 0.717) is 11.5 Å². The number of ether oxygens (including phenoxy) is 1. The molecule has 1 atom stereocenters. The van der Waals surface area contributed by atoms with Crippen molar-refractivity contribution < 1.29 is 4.74 Å². The van der Waals surface area contributed by atoms with Crippen LogP contribution in [0, 0.1) is 5.41 Å². The van der Waals surface area contributed by atoms with Crippen LogP contribution in [-0.4, -0.2) is 13.2 Å². The average Bonchev–Trinajstić information content (AvgIpc) is 2.25. The first-order valence-electron chi connectivity index (χ1n) is 5.95. The Morgan fingerprint density at radius 1 is 1.31 bits per heavy atom. The molecule has 1 N–H and O–H groups in total. The Balaban J connectivity index is 2.07. The molecule has 0 spiro atoms. The van der Waals surface area contributed by atoms with Crippen LogP contribution >= 0.6 is 0 Å². The number of nitrogens with one attached hydrogen (secondary N) is 1. The molecule has 1 aromatic rings. The van der Waals surface area contributed by atoms with Crippen molar-refractivity contribution in [3.05, 3.63) is 35.4 Å². The number of hydrogen-bond acceptors (Lipinski definition) is 2. The molecule has 0 radical (unpaired) electrons. The lowest BCUT2D eigenvalue weighted by Gasteiger charge is -2.29. The van der Waals surface area contributed by atoms with Crippen molar-refractivity contribution in [1.29, 1.82) is 0 Å². The maximum Gasteiger partial charge on any atom is 0.0721 e. The van der Waals surface area contributed by atoms with E-state index in [1.54, 1.807) is 0 Å². The molecule has 2 nitrogen and oxygen atoms in total. The van der Waals surface area contributed by atoms with E-state index < -0.39 is 0 Å². The van der Waals surface area contributed by atoms with E-state index in [4.69, 9.17) is 4.74 Å². The van der Waals surface area contributed by atoms with Gasteiger partial charge in [0, 0.05) is 6.54 Å². The van der Waals surface area contributed by atoms with E-state index in [-0.39, 0.29) is 0 Å². The smallest absolute Gasteiger partial charge is 0.0721 e. The van der Waals surface area contributed by atoms with Gasteiger partial charge in [-0.25, -0.2) is 0 Å². The SMILES string of the molecule is CC(C)(C)CNC1COCc2ccccc21. The van der Waals surface area contributed by atoms with Gasteiger partial charge < -0.3 is 10.1 Å². The van der Waals surface area contributed by atoms with Crippen molar-refractivity contribution in [2.75, 3.05) is 13.2 Å². The van der Waals surface area contributed by atoms with Gasteiger partial charge in [0.15, 0.2) is 0 Å². The molecular formula is C14H21NO. The molecule has 1 aliphatic rings. The first-order chi connectivity index (χ1) is 7.56. The van der Waals surface area contributed by atoms with E-state index in [2.05, 4.69) is 50.4 Å². The topological polar surface area (TPSA) is 21.3 Å². The summed E-state index contributed by atoms with van der Waals surface area (Å²) in [7, 11) is 0. The molecule has 0 amide bonds. The zero-order valence-electron chi connectivity index (χ0n) is 10.4. The lowest BCUT2D eigenvalue weighted by molar-refractivity contribution is 0.0793. The van der Waals surface area contributed by atoms with Gasteiger partial charge >= 0.3 is 0 Å². The van der Waals surface area contributed by atoms with Crippen molar-refractivity contribution in [3.8, 4) is 0 Å². The van der Waals surface area contributed by atoms with Crippen molar-refractivity contribution in [2.45, 2.75) is 33.4 Å². The van der Waals surface area contributed by atoms with Crippen LogP contribution in [0.1, 0.15) is 37.9 Å². The second-order valence-electron chi connectivity index (χ2n) is 5.71.